The predicted octanol–water partition coefficient (Wildman–Crippen LogP) is 1.90. The lowest BCUT2D eigenvalue weighted by molar-refractivity contribution is -0.385. The van der Waals surface area contributed by atoms with Crippen molar-refractivity contribution in [2.75, 3.05) is 13.1 Å². The van der Waals surface area contributed by atoms with E-state index >= 15 is 0 Å². The highest BCUT2D eigenvalue weighted by Crippen LogP contribution is 2.22. The van der Waals surface area contributed by atoms with Crippen molar-refractivity contribution < 1.29 is 19.6 Å². The molecule has 0 spiro atoms. The topological polar surface area (TPSA) is 101 Å². The number of hydrogen-bond acceptors (Lipinski definition) is 4. The number of carbonyl (C=O) groups excluding carboxylic acids is 1. The van der Waals surface area contributed by atoms with Crippen molar-refractivity contribution in [2.24, 2.45) is 0 Å². The van der Waals surface area contributed by atoms with Gasteiger partial charge < -0.3 is 10.0 Å². The fraction of sp³-hybridized carbons (Fsp3) is 0.273. The molecule has 0 heterocycles. The Hall–Kier alpha value is -1.96. The Bertz CT molecular complexity index is 532. The Kier molecular flexibility index (Phi) is 4.99. The van der Waals surface area contributed by atoms with Crippen molar-refractivity contribution in [2.45, 2.75) is 6.92 Å². The van der Waals surface area contributed by atoms with Crippen LogP contribution in [0.3, 0.4) is 0 Å². The summed E-state index contributed by atoms with van der Waals surface area (Å²) in [7, 11) is 0. The quantitative estimate of drug-likeness (QED) is 0.656. The van der Waals surface area contributed by atoms with E-state index in [1.165, 1.54) is 12.1 Å². The van der Waals surface area contributed by atoms with Crippen molar-refractivity contribution in [1.82, 2.24) is 4.90 Å². The number of aliphatic carboxylic acids is 1. The van der Waals surface area contributed by atoms with Crippen molar-refractivity contribution in [3.8, 4) is 0 Å². The maximum atomic E-state index is 12.1. The molecule has 1 aromatic carbocycles. The highest BCUT2D eigenvalue weighted by Gasteiger charge is 2.20. The number of nitrogens with zero attached hydrogens (tertiary/aromatic N) is 2. The largest absolute Gasteiger partial charge is 0.480 e. The Balaban J connectivity index is 3.10. The second-order valence-corrected chi connectivity index (χ2v) is 4.58. The van der Waals surface area contributed by atoms with Gasteiger partial charge in [0.15, 0.2) is 0 Å². The van der Waals surface area contributed by atoms with E-state index in [-0.39, 0.29) is 17.8 Å². The average molecular weight is 331 g/mol. The molecule has 0 saturated heterocycles. The smallest absolute Gasteiger partial charge is 0.323 e. The molecule has 0 radical (unpaired) electrons. The SMILES string of the molecule is CCN(CC(=O)O)C(=O)c1cc(Br)cc([N+](=O)[O-])c1. The Labute approximate surface area is 117 Å². The van der Waals surface area contributed by atoms with E-state index in [2.05, 4.69) is 15.9 Å². The molecule has 1 N–H and O–H groups in total. The van der Waals surface area contributed by atoms with E-state index in [4.69, 9.17) is 5.11 Å². The first kappa shape index (κ1) is 15.1. The summed E-state index contributed by atoms with van der Waals surface area (Å²) in [6.07, 6.45) is 0. The number of halogens is 1. The van der Waals surface area contributed by atoms with Gasteiger partial charge in [0.25, 0.3) is 11.6 Å². The fourth-order valence-corrected chi connectivity index (χ4v) is 1.96. The lowest BCUT2D eigenvalue weighted by Gasteiger charge is -2.18. The summed E-state index contributed by atoms with van der Waals surface area (Å²) in [4.78, 5) is 33.9. The van der Waals surface area contributed by atoms with Crippen LogP contribution in [-0.2, 0) is 4.79 Å². The molecule has 0 aliphatic rings. The first-order valence-electron chi connectivity index (χ1n) is 5.31. The van der Waals surface area contributed by atoms with Gasteiger partial charge in [-0.25, -0.2) is 0 Å². The number of nitro benzene ring substituents is 1. The monoisotopic (exact) mass is 330 g/mol. The Morgan fingerprint density at radius 2 is 2.05 bits per heavy atom. The summed E-state index contributed by atoms with van der Waals surface area (Å²) in [6.45, 7) is 1.38. The third-order valence-electron chi connectivity index (χ3n) is 2.34. The molecular weight excluding hydrogens is 320 g/mol. The van der Waals surface area contributed by atoms with Gasteiger partial charge in [-0.1, -0.05) is 15.9 Å². The minimum absolute atomic E-state index is 0.0733. The molecular formula is C11H11BrN2O5. The molecule has 0 aliphatic heterocycles. The van der Waals surface area contributed by atoms with Crippen LogP contribution in [0.1, 0.15) is 17.3 Å². The summed E-state index contributed by atoms with van der Waals surface area (Å²) < 4.78 is 0.386. The molecule has 0 aliphatic carbocycles. The van der Waals surface area contributed by atoms with Crippen LogP contribution in [-0.4, -0.2) is 39.9 Å². The predicted molar refractivity (Wildman–Crippen MR) is 70.0 cm³/mol. The normalized spacial score (nSPS) is 10.0. The minimum atomic E-state index is -1.14. The van der Waals surface area contributed by atoms with Crippen LogP contribution in [0.4, 0.5) is 5.69 Å². The van der Waals surface area contributed by atoms with E-state index in [9.17, 15) is 19.7 Å². The van der Waals surface area contributed by atoms with Crippen molar-refractivity contribution >= 4 is 33.5 Å². The number of carbonyl (C=O) groups is 2. The first-order valence-corrected chi connectivity index (χ1v) is 6.10. The molecule has 0 unspecified atom stereocenters. The van der Waals surface area contributed by atoms with Crippen LogP contribution in [0.5, 0.6) is 0 Å². The number of non-ortho nitro benzene ring substituents is 1. The Morgan fingerprint density at radius 1 is 1.42 bits per heavy atom. The zero-order chi connectivity index (χ0) is 14.6. The molecule has 0 bridgehead atoms. The number of likely N-dealkylation sites (N-methyl/N-ethyl adjacent to an activating group) is 1. The molecule has 7 nitrogen and oxygen atoms in total. The van der Waals surface area contributed by atoms with Crippen LogP contribution >= 0.6 is 15.9 Å². The molecule has 0 fully saturated rings. The van der Waals surface area contributed by atoms with Crippen LogP contribution in [0, 0.1) is 10.1 Å². The molecule has 102 valence electrons. The van der Waals surface area contributed by atoms with Crippen molar-refractivity contribution in [3.63, 3.8) is 0 Å². The summed E-state index contributed by atoms with van der Waals surface area (Å²) in [5, 5.41) is 19.4. The lowest BCUT2D eigenvalue weighted by atomic mass is 10.1. The molecule has 1 rings (SSSR count). The highest BCUT2D eigenvalue weighted by atomic mass is 79.9. The van der Waals surface area contributed by atoms with E-state index < -0.39 is 23.3 Å². The van der Waals surface area contributed by atoms with Gasteiger partial charge in [0.1, 0.15) is 6.54 Å². The summed E-state index contributed by atoms with van der Waals surface area (Å²) in [5.74, 6) is -1.70. The average Bonchev–Trinajstić information content (AvgIpc) is 2.34. The third kappa shape index (κ3) is 4.02. The second kappa shape index (κ2) is 6.28. The standard InChI is InChI=1S/C11H11BrN2O5/c1-2-13(6-10(15)16)11(17)7-3-8(12)5-9(4-7)14(18)19/h3-5H,2,6H2,1H3,(H,15,16). The number of carboxylic acids is 1. The van der Waals surface area contributed by atoms with Crippen molar-refractivity contribution in [1.29, 1.82) is 0 Å². The maximum absolute atomic E-state index is 12.1. The highest BCUT2D eigenvalue weighted by molar-refractivity contribution is 9.10. The van der Waals surface area contributed by atoms with Crippen molar-refractivity contribution in [3.05, 3.63) is 38.3 Å². The molecule has 0 atom stereocenters. The summed E-state index contributed by atoms with van der Waals surface area (Å²) in [5.41, 5.74) is -0.159. The third-order valence-corrected chi connectivity index (χ3v) is 2.79. The number of carboxylic acid groups (broad SMARTS) is 1. The Morgan fingerprint density at radius 3 is 2.53 bits per heavy atom. The van der Waals surface area contributed by atoms with Gasteiger partial charge in [-0.05, 0) is 13.0 Å². The van der Waals surface area contributed by atoms with E-state index in [0.29, 0.717) is 4.47 Å². The van der Waals surface area contributed by atoms with E-state index in [1.807, 2.05) is 0 Å². The van der Waals surface area contributed by atoms with E-state index in [0.717, 1.165) is 11.0 Å². The number of hydrogen-bond donors (Lipinski definition) is 1. The van der Waals surface area contributed by atoms with Gasteiger partial charge in [-0.2, -0.15) is 0 Å². The van der Waals surface area contributed by atoms with Gasteiger partial charge in [0.05, 0.1) is 4.92 Å². The molecule has 0 aromatic heterocycles. The van der Waals surface area contributed by atoms with Gasteiger partial charge in [-0.15, -0.1) is 0 Å². The van der Waals surface area contributed by atoms with E-state index in [1.54, 1.807) is 6.92 Å². The molecule has 1 amide bonds. The molecule has 8 heteroatoms. The van der Waals surface area contributed by atoms with Crippen LogP contribution in [0.15, 0.2) is 22.7 Å². The number of amides is 1. The maximum Gasteiger partial charge on any atom is 0.323 e. The molecule has 19 heavy (non-hydrogen) atoms. The van der Waals surface area contributed by atoms with Gasteiger partial charge in [-0.3, -0.25) is 19.7 Å². The number of nitro groups is 1. The lowest BCUT2D eigenvalue weighted by Crippen LogP contribution is -2.35. The first-order chi connectivity index (χ1) is 8.85. The second-order valence-electron chi connectivity index (χ2n) is 3.67. The zero-order valence-electron chi connectivity index (χ0n) is 10.00. The van der Waals surface area contributed by atoms with Gasteiger partial charge >= 0.3 is 5.97 Å². The van der Waals surface area contributed by atoms with Gasteiger partial charge in [0.2, 0.25) is 0 Å². The molecule has 1 aromatic rings. The van der Waals surface area contributed by atoms with Gasteiger partial charge in [0, 0.05) is 28.7 Å². The van der Waals surface area contributed by atoms with Crippen LogP contribution in [0.2, 0.25) is 0 Å². The summed E-state index contributed by atoms with van der Waals surface area (Å²) in [6, 6.07) is 3.81. The fourth-order valence-electron chi connectivity index (χ4n) is 1.48. The van der Waals surface area contributed by atoms with Crippen LogP contribution < -0.4 is 0 Å². The zero-order valence-corrected chi connectivity index (χ0v) is 11.6. The molecule has 0 saturated carbocycles. The number of rotatable bonds is 5. The minimum Gasteiger partial charge on any atom is -0.480 e. The number of benzene rings is 1. The summed E-state index contributed by atoms with van der Waals surface area (Å²) >= 11 is 3.08. The van der Waals surface area contributed by atoms with Crippen LogP contribution in [0.25, 0.3) is 0 Å².